The van der Waals surface area contributed by atoms with Gasteiger partial charge in [-0.3, -0.25) is 9.59 Å². The summed E-state index contributed by atoms with van der Waals surface area (Å²) in [6.45, 7) is 0. The van der Waals surface area contributed by atoms with Gasteiger partial charge in [0, 0.05) is 22.5 Å². The molecule has 6 heteroatoms. The number of nitrogens with one attached hydrogen (secondary N) is 1. The second kappa shape index (κ2) is 6.38. The van der Waals surface area contributed by atoms with E-state index < -0.39 is 0 Å². The summed E-state index contributed by atoms with van der Waals surface area (Å²) in [5.74, 6) is -0.157. The van der Waals surface area contributed by atoms with Crippen LogP contribution in [0.5, 0.6) is 0 Å². The number of rotatable bonds is 2. The Kier molecular flexibility index (Phi) is 4.07. The summed E-state index contributed by atoms with van der Waals surface area (Å²) in [5, 5.41) is 4.79. The monoisotopic (exact) mass is 366 g/mol. The van der Waals surface area contributed by atoms with Gasteiger partial charge in [-0.2, -0.15) is 0 Å². The highest BCUT2D eigenvalue weighted by atomic mass is 32.2. The lowest BCUT2D eigenvalue weighted by molar-refractivity contribution is 0.0988. The lowest BCUT2D eigenvalue weighted by Crippen LogP contribution is -2.26. The van der Waals surface area contributed by atoms with Gasteiger partial charge >= 0.3 is 0 Å². The van der Waals surface area contributed by atoms with E-state index in [1.54, 1.807) is 18.0 Å². The molecule has 0 spiro atoms. The normalized spacial score (nSPS) is 13.0. The molecule has 25 heavy (non-hydrogen) atoms. The predicted molar refractivity (Wildman–Crippen MR) is 102 cm³/mol. The first-order valence-electron chi connectivity index (χ1n) is 7.67. The first-order chi connectivity index (χ1) is 12.1. The highest BCUT2D eigenvalue weighted by Crippen LogP contribution is 2.42. The molecule has 1 aliphatic heterocycles. The third kappa shape index (κ3) is 2.94. The molecule has 2 amide bonds. The maximum atomic E-state index is 12.7. The fourth-order valence-electron chi connectivity index (χ4n) is 2.69. The van der Waals surface area contributed by atoms with Gasteiger partial charge in [-0.25, -0.2) is 0 Å². The highest BCUT2D eigenvalue weighted by molar-refractivity contribution is 7.99. The van der Waals surface area contributed by atoms with Crippen LogP contribution < -0.4 is 10.2 Å². The van der Waals surface area contributed by atoms with E-state index in [0.29, 0.717) is 16.1 Å². The Morgan fingerprint density at radius 1 is 1.04 bits per heavy atom. The predicted octanol–water partition coefficient (Wildman–Crippen LogP) is 4.74. The molecule has 1 aromatic heterocycles. The summed E-state index contributed by atoms with van der Waals surface area (Å²) in [6, 6.07) is 16.8. The number of fused-ring (bicyclic) bond motifs is 2. The van der Waals surface area contributed by atoms with Crippen LogP contribution in [0, 0.1) is 0 Å². The minimum absolute atomic E-state index is 0.0304. The van der Waals surface area contributed by atoms with E-state index in [0.717, 1.165) is 15.5 Å². The molecule has 0 saturated carbocycles. The maximum Gasteiger partial charge on any atom is 0.265 e. The molecule has 0 saturated heterocycles. The molecule has 1 aliphatic rings. The van der Waals surface area contributed by atoms with Crippen molar-refractivity contribution >= 4 is 46.3 Å². The Balaban J connectivity index is 1.70. The van der Waals surface area contributed by atoms with E-state index in [-0.39, 0.29) is 11.8 Å². The van der Waals surface area contributed by atoms with Crippen molar-refractivity contribution in [3.8, 4) is 0 Å². The summed E-state index contributed by atoms with van der Waals surface area (Å²) in [7, 11) is 1.77. The first kappa shape index (κ1) is 15.9. The van der Waals surface area contributed by atoms with Crippen molar-refractivity contribution in [3.63, 3.8) is 0 Å². The quantitative estimate of drug-likeness (QED) is 0.712. The lowest BCUT2D eigenvalue weighted by Gasteiger charge is -2.18. The fraction of sp³-hybridized carbons (Fsp3) is 0.0526. The molecule has 124 valence electrons. The average molecular weight is 366 g/mol. The molecule has 0 bridgehead atoms. The molecule has 0 aliphatic carbocycles. The molecule has 4 rings (SSSR count). The van der Waals surface area contributed by atoms with Crippen molar-refractivity contribution in [1.82, 2.24) is 0 Å². The van der Waals surface area contributed by atoms with Gasteiger partial charge in [-0.15, -0.1) is 11.3 Å². The van der Waals surface area contributed by atoms with Gasteiger partial charge < -0.3 is 10.2 Å². The summed E-state index contributed by atoms with van der Waals surface area (Å²) in [4.78, 5) is 29.1. The number of hydrogen-bond donors (Lipinski definition) is 1. The molecule has 4 nitrogen and oxygen atoms in total. The Morgan fingerprint density at radius 3 is 2.68 bits per heavy atom. The van der Waals surface area contributed by atoms with Crippen LogP contribution in [0.2, 0.25) is 0 Å². The van der Waals surface area contributed by atoms with Crippen molar-refractivity contribution in [2.75, 3.05) is 17.3 Å². The van der Waals surface area contributed by atoms with Gasteiger partial charge in [-0.05, 0) is 41.8 Å². The number of carbonyl (C=O) groups is 2. The molecule has 0 atom stereocenters. The molecule has 2 aromatic carbocycles. The van der Waals surface area contributed by atoms with Crippen LogP contribution in [0.4, 0.5) is 11.4 Å². The minimum atomic E-state index is -0.126. The average Bonchev–Trinajstić information content (AvgIpc) is 3.13. The molecule has 2 heterocycles. The van der Waals surface area contributed by atoms with Crippen LogP contribution >= 0.6 is 23.1 Å². The maximum absolute atomic E-state index is 12.7. The Labute approximate surface area is 153 Å². The SMILES string of the molecule is CN1C(=O)c2ccccc2Sc2cc(NC(=O)c3cccs3)ccc21. The number of benzene rings is 2. The number of anilines is 2. The minimum Gasteiger partial charge on any atom is -0.321 e. The topological polar surface area (TPSA) is 49.4 Å². The zero-order chi connectivity index (χ0) is 17.4. The Bertz CT molecular complexity index is 967. The van der Waals surface area contributed by atoms with Crippen LogP contribution in [-0.4, -0.2) is 18.9 Å². The second-order valence-electron chi connectivity index (χ2n) is 5.58. The van der Waals surface area contributed by atoms with E-state index in [9.17, 15) is 9.59 Å². The van der Waals surface area contributed by atoms with Crippen LogP contribution in [0.15, 0.2) is 69.8 Å². The van der Waals surface area contributed by atoms with Crippen molar-refractivity contribution in [2.24, 2.45) is 0 Å². The van der Waals surface area contributed by atoms with Crippen molar-refractivity contribution in [2.45, 2.75) is 9.79 Å². The first-order valence-corrected chi connectivity index (χ1v) is 9.37. The van der Waals surface area contributed by atoms with Crippen LogP contribution in [0.25, 0.3) is 0 Å². The second-order valence-corrected chi connectivity index (χ2v) is 7.61. The highest BCUT2D eigenvalue weighted by Gasteiger charge is 2.24. The molecular weight excluding hydrogens is 352 g/mol. The Morgan fingerprint density at radius 2 is 1.88 bits per heavy atom. The molecule has 1 N–H and O–H groups in total. The molecule has 0 radical (unpaired) electrons. The number of nitrogens with zero attached hydrogens (tertiary/aromatic N) is 1. The van der Waals surface area contributed by atoms with Crippen molar-refractivity contribution in [1.29, 1.82) is 0 Å². The summed E-state index contributed by atoms with van der Waals surface area (Å²) >= 11 is 2.94. The van der Waals surface area contributed by atoms with Crippen molar-refractivity contribution in [3.05, 3.63) is 70.4 Å². The smallest absolute Gasteiger partial charge is 0.265 e. The molecule has 0 fully saturated rings. The number of thiophene rings is 1. The number of amides is 2. The van der Waals surface area contributed by atoms with E-state index in [4.69, 9.17) is 0 Å². The summed E-state index contributed by atoms with van der Waals surface area (Å²) < 4.78 is 0. The lowest BCUT2D eigenvalue weighted by atomic mass is 10.2. The third-order valence-corrected chi connectivity index (χ3v) is 5.96. The van der Waals surface area contributed by atoms with E-state index in [1.165, 1.54) is 23.1 Å². The van der Waals surface area contributed by atoms with Gasteiger partial charge in [0.15, 0.2) is 0 Å². The van der Waals surface area contributed by atoms with Crippen LogP contribution in [-0.2, 0) is 0 Å². The summed E-state index contributed by atoms with van der Waals surface area (Å²) in [6.07, 6.45) is 0. The fourth-order valence-corrected chi connectivity index (χ4v) is 4.46. The number of hydrogen-bond acceptors (Lipinski definition) is 4. The van der Waals surface area contributed by atoms with Gasteiger partial charge in [-0.1, -0.05) is 30.0 Å². The van der Waals surface area contributed by atoms with Gasteiger partial charge in [0.2, 0.25) is 0 Å². The van der Waals surface area contributed by atoms with Gasteiger partial charge in [0.25, 0.3) is 11.8 Å². The van der Waals surface area contributed by atoms with Crippen LogP contribution in [0.1, 0.15) is 20.0 Å². The standard InChI is InChI=1S/C19H14N2O2S2/c1-21-14-9-8-12(20-18(22)16-7-4-10-24-16)11-17(14)25-15-6-3-2-5-13(15)19(21)23/h2-11H,1H3,(H,20,22). The van der Waals surface area contributed by atoms with Gasteiger partial charge in [0.1, 0.15) is 0 Å². The largest absolute Gasteiger partial charge is 0.321 e. The summed E-state index contributed by atoms with van der Waals surface area (Å²) in [5.41, 5.74) is 2.24. The zero-order valence-corrected chi connectivity index (χ0v) is 15.0. The molecule has 3 aromatic rings. The van der Waals surface area contributed by atoms with E-state index in [1.807, 2.05) is 53.9 Å². The van der Waals surface area contributed by atoms with Crippen LogP contribution in [0.3, 0.4) is 0 Å². The molecular formula is C19H14N2O2S2. The van der Waals surface area contributed by atoms with Gasteiger partial charge in [0.05, 0.1) is 16.1 Å². The molecule has 0 unspecified atom stereocenters. The number of carbonyl (C=O) groups excluding carboxylic acids is 2. The van der Waals surface area contributed by atoms with Crippen molar-refractivity contribution < 1.29 is 9.59 Å². The Hall–Kier alpha value is -2.57. The third-order valence-electron chi connectivity index (χ3n) is 3.97. The van der Waals surface area contributed by atoms with E-state index >= 15 is 0 Å². The zero-order valence-electron chi connectivity index (χ0n) is 13.4. The van der Waals surface area contributed by atoms with E-state index in [2.05, 4.69) is 5.32 Å².